The second kappa shape index (κ2) is 3.61. The van der Waals surface area contributed by atoms with Gasteiger partial charge in [0.25, 0.3) is 0 Å². The normalized spacial score (nSPS) is 11.9. The highest BCUT2D eigenvalue weighted by atomic mass is 16.5. The Balaban J connectivity index is 2.15. The predicted octanol–water partition coefficient (Wildman–Crippen LogP) is 3.59. The van der Waals surface area contributed by atoms with Gasteiger partial charge < -0.3 is 9.72 Å². The van der Waals surface area contributed by atoms with Crippen LogP contribution in [0.15, 0.2) is 30.5 Å². The number of ether oxygens (including phenoxy) is 1. The molecule has 1 N–H and O–H groups in total. The number of aromatic amines is 1. The van der Waals surface area contributed by atoms with Crippen LogP contribution in [0.4, 0.5) is 0 Å². The van der Waals surface area contributed by atoms with Crippen LogP contribution >= 0.6 is 0 Å². The second-order valence-corrected chi connectivity index (χ2v) is 5.08. The summed E-state index contributed by atoms with van der Waals surface area (Å²) in [5, 5.41) is 1.22. The van der Waals surface area contributed by atoms with E-state index in [2.05, 4.69) is 37.9 Å². The van der Waals surface area contributed by atoms with Crippen molar-refractivity contribution in [2.24, 2.45) is 5.41 Å². The number of aromatic nitrogens is 1. The number of rotatable bonds is 2. The van der Waals surface area contributed by atoms with E-state index in [0.29, 0.717) is 0 Å². The van der Waals surface area contributed by atoms with Crippen molar-refractivity contribution >= 4 is 10.9 Å². The second-order valence-electron chi connectivity index (χ2n) is 5.08. The van der Waals surface area contributed by atoms with Crippen molar-refractivity contribution in [1.29, 1.82) is 0 Å². The predicted molar refractivity (Wildman–Crippen MR) is 63.2 cm³/mol. The number of benzene rings is 1. The van der Waals surface area contributed by atoms with E-state index >= 15 is 0 Å². The van der Waals surface area contributed by atoms with Gasteiger partial charge in [-0.2, -0.15) is 0 Å². The average molecular weight is 203 g/mol. The van der Waals surface area contributed by atoms with Crippen LogP contribution in [0.3, 0.4) is 0 Å². The molecule has 0 spiro atoms. The molecule has 0 aliphatic heterocycles. The Bertz CT molecular complexity index is 451. The summed E-state index contributed by atoms with van der Waals surface area (Å²) in [5.41, 5.74) is 1.33. The Morgan fingerprint density at radius 2 is 2.00 bits per heavy atom. The van der Waals surface area contributed by atoms with Crippen molar-refractivity contribution in [3.05, 3.63) is 30.5 Å². The van der Waals surface area contributed by atoms with Gasteiger partial charge in [0, 0.05) is 17.8 Å². The molecule has 2 rings (SSSR count). The maximum absolute atomic E-state index is 5.73. The lowest BCUT2D eigenvalue weighted by atomic mass is 9.99. The molecule has 0 unspecified atom stereocenters. The van der Waals surface area contributed by atoms with Crippen LogP contribution in [0.1, 0.15) is 20.8 Å². The summed E-state index contributed by atoms with van der Waals surface area (Å²) in [6.07, 6.45) is 1.94. The molecule has 0 amide bonds. The Morgan fingerprint density at radius 3 is 2.73 bits per heavy atom. The van der Waals surface area contributed by atoms with Gasteiger partial charge in [-0.3, -0.25) is 0 Å². The van der Waals surface area contributed by atoms with Crippen molar-refractivity contribution in [3.63, 3.8) is 0 Å². The largest absolute Gasteiger partial charge is 0.493 e. The number of hydrogen-bond donors (Lipinski definition) is 1. The van der Waals surface area contributed by atoms with E-state index in [4.69, 9.17) is 4.74 Å². The first-order chi connectivity index (χ1) is 7.04. The number of nitrogens with one attached hydrogen (secondary N) is 1. The fourth-order valence-electron chi connectivity index (χ4n) is 1.42. The van der Waals surface area contributed by atoms with Gasteiger partial charge in [-0.1, -0.05) is 20.8 Å². The van der Waals surface area contributed by atoms with Crippen molar-refractivity contribution in [2.75, 3.05) is 6.61 Å². The molecule has 0 saturated heterocycles. The van der Waals surface area contributed by atoms with Crippen LogP contribution in [0, 0.1) is 5.41 Å². The van der Waals surface area contributed by atoms with Crippen LogP contribution in [0.5, 0.6) is 5.75 Å². The van der Waals surface area contributed by atoms with Crippen LogP contribution in [-0.2, 0) is 0 Å². The zero-order valence-corrected chi connectivity index (χ0v) is 9.50. The zero-order valence-electron chi connectivity index (χ0n) is 9.50. The molecule has 0 aliphatic carbocycles. The van der Waals surface area contributed by atoms with Crippen molar-refractivity contribution in [2.45, 2.75) is 20.8 Å². The average Bonchev–Trinajstić information content (AvgIpc) is 2.60. The summed E-state index contributed by atoms with van der Waals surface area (Å²) in [4.78, 5) is 3.18. The topological polar surface area (TPSA) is 25.0 Å². The molecule has 1 heterocycles. The fourth-order valence-corrected chi connectivity index (χ4v) is 1.42. The number of hydrogen-bond acceptors (Lipinski definition) is 1. The molecule has 2 nitrogen and oxygen atoms in total. The highest BCUT2D eigenvalue weighted by molar-refractivity contribution is 5.80. The van der Waals surface area contributed by atoms with Gasteiger partial charge >= 0.3 is 0 Å². The first kappa shape index (κ1) is 10.1. The maximum Gasteiger partial charge on any atom is 0.121 e. The van der Waals surface area contributed by atoms with Crippen LogP contribution in [-0.4, -0.2) is 11.6 Å². The smallest absolute Gasteiger partial charge is 0.121 e. The van der Waals surface area contributed by atoms with E-state index in [1.54, 1.807) is 0 Å². The molecule has 80 valence electrons. The molecule has 0 bridgehead atoms. The SMILES string of the molecule is CC(C)(C)COc1ccc2cc[nH]c2c1. The summed E-state index contributed by atoms with van der Waals surface area (Å²) in [7, 11) is 0. The Hall–Kier alpha value is -1.44. The highest BCUT2D eigenvalue weighted by Gasteiger charge is 2.11. The van der Waals surface area contributed by atoms with Gasteiger partial charge in [0.2, 0.25) is 0 Å². The first-order valence-electron chi connectivity index (χ1n) is 5.25. The van der Waals surface area contributed by atoms with Gasteiger partial charge in [0.1, 0.15) is 5.75 Å². The Kier molecular flexibility index (Phi) is 2.43. The molecule has 2 heteroatoms. The molecular weight excluding hydrogens is 186 g/mol. The summed E-state index contributed by atoms with van der Waals surface area (Å²) in [5.74, 6) is 0.930. The third kappa shape index (κ3) is 2.52. The molecule has 0 saturated carbocycles. The monoisotopic (exact) mass is 203 g/mol. The summed E-state index contributed by atoms with van der Waals surface area (Å²) in [6.45, 7) is 7.24. The molecule has 0 aliphatic rings. The first-order valence-corrected chi connectivity index (χ1v) is 5.25. The Morgan fingerprint density at radius 1 is 1.20 bits per heavy atom. The van der Waals surface area contributed by atoms with E-state index < -0.39 is 0 Å². The number of H-pyrrole nitrogens is 1. The van der Waals surface area contributed by atoms with Gasteiger partial charge in [-0.05, 0) is 29.0 Å². The minimum absolute atomic E-state index is 0.199. The Labute approximate surface area is 90.3 Å². The quantitative estimate of drug-likeness (QED) is 0.792. The highest BCUT2D eigenvalue weighted by Crippen LogP contribution is 2.22. The third-order valence-electron chi connectivity index (χ3n) is 2.20. The van der Waals surface area contributed by atoms with Gasteiger partial charge in [0.15, 0.2) is 0 Å². The van der Waals surface area contributed by atoms with E-state index in [-0.39, 0.29) is 5.41 Å². The summed E-state index contributed by atoms with van der Waals surface area (Å²) in [6, 6.07) is 8.19. The van der Waals surface area contributed by atoms with E-state index in [9.17, 15) is 0 Å². The van der Waals surface area contributed by atoms with Gasteiger partial charge in [-0.15, -0.1) is 0 Å². The lowest BCUT2D eigenvalue weighted by Gasteiger charge is -2.18. The standard InChI is InChI=1S/C13H17NO/c1-13(2,3)9-15-11-5-4-10-6-7-14-12(10)8-11/h4-8,14H,9H2,1-3H3. The molecular formula is C13H17NO. The molecule has 0 radical (unpaired) electrons. The van der Waals surface area contributed by atoms with Crippen LogP contribution < -0.4 is 4.74 Å². The molecule has 0 atom stereocenters. The number of fused-ring (bicyclic) bond motifs is 1. The van der Waals surface area contributed by atoms with Gasteiger partial charge in [-0.25, -0.2) is 0 Å². The van der Waals surface area contributed by atoms with E-state index in [1.165, 1.54) is 5.39 Å². The molecule has 1 aromatic carbocycles. The molecule has 0 fully saturated rings. The minimum atomic E-state index is 0.199. The van der Waals surface area contributed by atoms with Crippen molar-refractivity contribution in [3.8, 4) is 5.75 Å². The zero-order chi connectivity index (χ0) is 10.9. The van der Waals surface area contributed by atoms with E-state index in [1.807, 2.05) is 18.3 Å². The van der Waals surface area contributed by atoms with Crippen LogP contribution in [0.2, 0.25) is 0 Å². The molecule has 15 heavy (non-hydrogen) atoms. The van der Waals surface area contributed by atoms with Gasteiger partial charge in [0.05, 0.1) is 6.61 Å². The van der Waals surface area contributed by atoms with Crippen molar-refractivity contribution in [1.82, 2.24) is 4.98 Å². The van der Waals surface area contributed by atoms with E-state index in [0.717, 1.165) is 17.9 Å². The molecule has 2 aromatic rings. The lowest BCUT2D eigenvalue weighted by Crippen LogP contribution is -2.16. The maximum atomic E-state index is 5.73. The van der Waals surface area contributed by atoms with Crippen molar-refractivity contribution < 1.29 is 4.74 Å². The summed E-state index contributed by atoms with van der Waals surface area (Å²) >= 11 is 0. The molecule has 1 aromatic heterocycles. The minimum Gasteiger partial charge on any atom is -0.493 e. The third-order valence-corrected chi connectivity index (χ3v) is 2.20. The van der Waals surface area contributed by atoms with Crippen LogP contribution in [0.25, 0.3) is 10.9 Å². The summed E-state index contributed by atoms with van der Waals surface area (Å²) < 4.78 is 5.73. The lowest BCUT2D eigenvalue weighted by molar-refractivity contribution is 0.198. The fraction of sp³-hybridized carbons (Fsp3) is 0.385.